The third-order valence-corrected chi connectivity index (χ3v) is 5.72. The summed E-state index contributed by atoms with van der Waals surface area (Å²) in [5, 5.41) is 7.96. The average Bonchev–Trinajstić information content (AvgIpc) is 3.29. The van der Waals surface area contributed by atoms with Gasteiger partial charge in [-0.25, -0.2) is 5.10 Å². The molecule has 7 heteroatoms. The van der Waals surface area contributed by atoms with Crippen LogP contribution in [-0.2, 0) is 22.5 Å². The van der Waals surface area contributed by atoms with Crippen LogP contribution in [0.25, 0.3) is 10.8 Å². The number of carbonyl (C=O) groups excluding carboxylic acids is 1. The number of H-pyrrole nitrogens is 1. The number of fused-ring (bicyclic) bond motifs is 1. The summed E-state index contributed by atoms with van der Waals surface area (Å²) in [5.41, 5.74) is 2.52. The molecule has 7 nitrogen and oxygen atoms in total. The van der Waals surface area contributed by atoms with E-state index in [1.54, 1.807) is 6.07 Å². The number of hydrogen-bond donors (Lipinski definition) is 1. The molecule has 2 heterocycles. The van der Waals surface area contributed by atoms with Crippen LogP contribution in [0.2, 0.25) is 0 Å². The summed E-state index contributed by atoms with van der Waals surface area (Å²) in [7, 11) is 4.01. The first kappa shape index (κ1) is 21.1. The van der Waals surface area contributed by atoms with Crippen molar-refractivity contribution in [1.82, 2.24) is 15.1 Å². The van der Waals surface area contributed by atoms with Gasteiger partial charge >= 0.3 is 0 Å². The van der Waals surface area contributed by atoms with Gasteiger partial charge in [0.1, 0.15) is 0 Å². The topological polar surface area (TPSA) is 78.5 Å². The van der Waals surface area contributed by atoms with Crippen LogP contribution < -0.4 is 10.5 Å². The molecule has 0 aliphatic carbocycles. The lowest BCUT2D eigenvalue weighted by Gasteiger charge is -2.26. The van der Waals surface area contributed by atoms with Crippen molar-refractivity contribution in [2.45, 2.75) is 31.9 Å². The Morgan fingerprint density at radius 1 is 1.13 bits per heavy atom. The Labute approximate surface area is 181 Å². The number of carbonyl (C=O) groups is 1. The Balaban J connectivity index is 1.56. The van der Waals surface area contributed by atoms with E-state index in [0.717, 1.165) is 30.7 Å². The van der Waals surface area contributed by atoms with Crippen LogP contribution in [0.15, 0.2) is 53.3 Å². The fraction of sp³-hybridized carbons (Fsp3) is 0.375. The van der Waals surface area contributed by atoms with Crippen molar-refractivity contribution >= 4 is 22.4 Å². The van der Waals surface area contributed by atoms with Crippen LogP contribution in [0.3, 0.4) is 0 Å². The minimum absolute atomic E-state index is 0.0307. The summed E-state index contributed by atoms with van der Waals surface area (Å²) >= 11 is 0. The molecular formula is C24H28N4O3. The van der Waals surface area contributed by atoms with Gasteiger partial charge in [-0.15, -0.1) is 0 Å². The van der Waals surface area contributed by atoms with Crippen LogP contribution in [0.1, 0.15) is 24.1 Å². The molecule has 3 aromatic rings. The van der Waals surface area contributed by atoms with E-state index in [-0.39, 0.29) is 24.0 Å². The van der Waals surface area contributed by atoms with Crippen LogP contribution >= 0.6 is 0 Å². The summed E-state index contributed by atoms with van der Waals surface area (Å²) in [6.45, 7) is 1.81. The van der Waals surface area contributed by atoms with Gasteiger partial charge in [0, 0.05) is 44.9 Å². The summed E-state index contributed by atoms with van der Waals surface area (Å²) in [6.07, 6.45) is 2.17. The second-order valence-electron chi connectivity index (χ2n) is 8.19. The molecule has 1 saturated heterocycles. The second-order valence-corrected chi connectivity index (χ2v) is 8.19. The predicted octanol–water partition coefficient (Wildman–Crippen LogP) is 2.74. The quantitative estimate of drug-likeness (QED) is 0.636. The predicted molar refractivity (Wildman–Crippen MR) is 121 cm³/mol. The highest BCUT2D eigenvalue weighted by molar-refractivity contribution is 5.88. The number of benzene rings is 2. The molecule has 1 aliphatic heterocycles. The van der Waals surface area contributed by atoms with Crippen LogP contribution in [0.5, 0.6) is 0 Å². The zero-order valence-corrected chi connectivity index (χ0v) is 18.0. The standard InChI is InChI=1S/C24H28N4O3/c1-27(2)18-11-9-17(10-12-18)15-28(16-19-6-5-13-31-19)23(29)14-22-20-7-3-4-8-21(20)24(30)26-25-22/h3-4,7-12,19H,5-6,13-16H2,1-2H3,(H,26,30)/t19-/m0/s1. The fourth-order valence-electron chi connectivity index (χ4n) is 3.97. The molecule has 1 amide bonds. The molecule has 0 radical (unpaired) electrons. The monoisotopic (exact) mass is 420 g/mol. The average molecular weight is 421 g/mol. The Morgan fingerprint density at radius 2 is 1.87 bits per heavy atom. The lowest BCUT2D eigenvalue weighted by molar-refractivity contribution is -0.132. The number of aromatic amines is 1. The third kappa shape index (κ3) is 4.94. The fourth-order valence-corrected chi connectivity index (χ4v) is 3.97. The maximum absolute atomic E-state index is 13.3. The molecular weight excluding hydrogens is 392 g/mol. The molecule has 0 saturated carbocycles. The summed E-state index contributed by atoms with van der Waals surface area (Å²) in [6, 6.07) is 15.5. The van der Waals surface area contributed by atoms with E-state index in [9.17, 15) is 9.59 Å². The van der Waals surface area contributed by atoms with Gasteiger partial charge in [0.05, 0.1) is 23.6 Å². The zero-order chi connectivity index (χ0) is 21.8. The Bertz CT molecular complexity index is 1100. The summed E-state index contributed by atoms with van der Waals surface area (Å²) < 4.78 is 5.79. The van der Waals surface area contributed by atoms with Gasteiger partial charge in [0.2, 0.25) is 5.91 Å². The number of hydrogen-bond acceptors (Lipinski definition) is 5. The largest absolute Gasteiger partial charge is 0.378 e. The highest BCUT2D eigenvalue weighted by atomic mass is 16.5. The van der Waals surface area contributed by atoms with Gasteiger partial charge in [-0.05, 0) is 36.6 Å². The number of anilines is 1. The van der Waals surface area contributed by atoms with Gasteiger partial charge < -0.3 is 14.5 Å². The molecule has 1 atom stereocenters. The molecule has 1 aromatic heterocycles. The van der Waals surface area contributed by atoms with Crippen LogP contribution in [-0.4, -0.2) is 54.4 Å². The number of amides is 1. The first-order valence-electron chi connectivity index (χ1n) is 10.6. The van der Waals surface area contributed by atoms with E-state index in [4.69, 9.17) is 4.74 Å². The minimum Gasteiger partial charge on any atom is -0.378 e. The Kier molecular flexibility index (Phi) is 6.32. The molecule has 162 valence electrons. The van der Waals surface area contributed by atoms with Crippen molar-refractivity contribution in [3.8, 4) is 0 Å². The molecule has 2 aromatic carbocycles. The van der Waals surface area contributed by atoms with Gasteiger partial charge in [-0.3, -0.25) is 9.59 Å². The van der Waals surface area contributed by atoms with Gasteiger partial charge in [0.25, 0.3) is 5.56 Å². The van der Waals surface area contributed by atoms with E-state index in [1.807, 2.05) is 42.1 Å². The zero-order valence-electron chi connectivity index (χ0n) is 18.0. The van der Waals surface area contributed by atoms with Gasteiger partial charge in [-0.1, -0.05) is 30.3 Å². The van der Waals surface area contributed by atoms with Crippen LogP contribution in [0.4, 0.5) is 5.69 Å². The van der Waals surface area contributed by atoms with Crippen molar-refractivity contribution in [2.75, 3.05) is 32.1 Å². The molecule has 1 N–H and O–H groups in total. The first-order chi connectivity index (χ1) is 15.0. The smallest absolute Gasteiger partial charge is 0.272 e. The maximum Gasteiger partial charge on any atom is 0.272 e. The van der Waals surface area contributed by atoms with Crippen molar-refractivity contribution in [3.63, 3.8) is 0 Å². The van der Waals surface area contributed by atoms with Crippen molar-refractivity contribution in [3.05, 3.63) is 70.1 Å². The van der Waals surface area contributed by atoms with E-state index >= 15 is 0 Å². The van der Waals surface area contributed by atoms with Crippen molar-refractivity contribution < 1.29 is 9.53 Å². The van der Waals surface area contributed by atoms with E-state index in [0.29, 0.717) is 29.6 Å². The highest BCUT2D eigenvalue weighted by Gasteiger charge is 2.24. The molecule has 4 rings (SSSR count). The van der Waals surface area contributed by atoms with E-state index < -0.39 is 0 Å². The van der Waals surface area contributed by atoms with Crippen molar-refractivity contribution in [2.24, 2.45) is 0 Å². The minimum atomic E-state index is -0.246. The Hall–Kier alpha value is -3.19. The van der Waals surface area contributed by atoms with E-state index in [1.165, 1.54) is 0 Å². The normalized spacial score (nSPS) is 15.9. The number of nitrogens with zero attached hydrogens (tertiary/aromatic N) is 3. The number of ether oxygens (including phenoxy) is 1. The molecule has 0 spiro atoms. The highest BCUT2D eigenvalue weighted by Crippen LogP contribution is 2.19. The first-order valence-corrected chi connectivity index (χ1v) is 10.6. The molecule has 0 bridgehead atoms. The Morgan fingerprint density at radius 3 is 2.55 bits per heavy atom. The third-order valence-electron chi connectivity index (χ3n) is 5.72. The number of rotatable bonds is 7. The number of aromatic nitrogens is 2. The number of nitrogens with one attached hydrogen (secondary N) is 1. The lowest BCUT2D eigenvalue weighted by atomic mass is 10.1. The van der Waals surface area contributed by atoms with Gasteiger partial charge in [0.15, 0.2) is 0 Å². The van der Waals surface area contributed by atoms with E-state index in [2.05, 4.69) is 34.5 Å². The summed E-state index contributed by atoms with van der Waals surface area (Å²) in [5.74, 6) is -0.0307. The van der Waals surface area contributed by atoms with Crippen LogP contribution in [0, 0.1) is 0 Å². The molecule has 31 heavy (non-hydrogen) atoms. The molecule has 0 unspecified atom stereocenters. The molecule has 1 aliphatic rings. The summed E-state index contributed by atoms with van der Waals surface area (Å²) in [4.78, 5) is 29.3. The molecule has 1 fully saturated rings. The maximum atomic E-state index is 13.3. The second kappa shape index (κ2) is 9.31. The van der Waals surface area contributed by atoms with Gasteiger partial charge in [-0.2, -0.15) is 5.10 Å². The van der Waals surface area contributed by atoms with Crippen molar-refractivity contribution in [1.29, 1.82) is 0 Å². The SMILES string of the molecule is CN(C)c1ccc(CN(C[C@@H]2CCCO2)C(=O)Cc2n[nH]c(=O)c3ccccc23)cc1. The lowest BCUT2D eigenvalue weighted by Crippen LogP contribution is -2.38.